The van der Waals surface area contributed by atoms with Gasteiger partial charge in [0.1, 0.15) is 5.75 Å². The quantitative estimate of drug-likeness (QED) is 0.841. The van der Waals surface area contributed by atoms with Crippen LogP contribution in [0.4, 0.5) is 0 Å². The van der Waals surface area contributed by atoms with Crippen molar-refractivity contribution in [1.82, 2.24) is 9.47 Å². The fourth-order valence-electron chi connectivity index (χ4n) is 3.04. The van der Waals surface area contributed by atoms with Gasteiger partial charge in [0, 0.05) is 18.3 Å². The fourth-order valence-corrected chi connectivity index (χ4v) is 3.04. The van der Waals surface area contributed by atoms with Crippen LogP contribution in [0, 0.1) is 0 Å². The predicted molar refractivity (Wildman–Crippen MR) is 86.8 cm³/mol. The minimum atomic E-state index is -0.465. The Bertz CT molecular complexity index is 733. The molecule has 0 atom stereocenters. The van der Waals surface area contributed by atoms with E-state index >= 15 is 0 Å². The second-order valence-electron chi connectivity index (χ2n) is 5.90. The van der Waals surface area contributed by atoms with E-state index in [2.05, 4.69) is 4.90 Å². The van der Waals surface area contributed by atoms with Crippen LogP contribution in [-0.4, -0.2) is 29.7 Å². The third-order valence-corrected chi connectivity index (χ3v) is 4.33. The van der Waals surface area contributed by atoms with E-state index in [9.17, 15) is 9.90 Å². The average Bonchev–Trinajstić information content (AvgIpc) is 3.08. The Kier molecular flexibility index (Phi) is 4.67. The summed E-state index contributed by atoms with van der Waals surface area (Å²) < 4.78 is 6.75. The molecule has 0 bridgehead atoms. The molecule has 0 aliphatic carbocycles. The summed E-state index contributed by atoms with van der Waals surface area (Å²) in [7, 11) is 1.60. The van der Waals surface area contributed by atoms with Gasteiger partial charge >= 0.3 is 0 Å². The molecule has 1 fully saturated rings. The molecule has 0 N–H and O–H groups in total. The van der Waals surface area contributed by atoms with E-state index in [1.54, 1.807) is 19.4 Å². The first kappa shape index (κ1) is 15.6. The Hall–Kier alpha value is -2.27. The van der Waals surface area contributed by atoms with Crippen LogP contribution in [0.25, 0.3) is 0 Å². The zero-order chi connectivity index (χ0) is 16.2. The van der Waals surface area contributed by atoms with Gasteiger partial charge in [-0.3, -0.25) is 9.69 Å². The molecule has 1 aromatic carbocycles. The summed E-state index contributed by atoms with van der Waals surface area (Å²) in [5, 5.41) is 12.3. The lowest BCUT2D eigenvalue weighted by atomic mass is 10.2. The van der Waals surface area contributed by atoms with Gasteiger partial charge in [0.15, 0.2) is 0 Å². The van der Waals surface area contributed by atoms with Gasteiger partial charge in [-0.25, -0.2) is 0 Å². The minimum absolute atomic E-state index is 0.335. The van der Waals surface area contributed by atoms with Crippen molar-refractivity contribution in [3.63, 3.8) is 0 Å². The molecule has 3 rings (SSSR count). The average molecular weight is 313 g/mol. The topological polar surface area (TPSA) is 57.5 Å². The number of aromatic nitrogens is 1. The van der Waals surface area contributed by atoms with Gasteiger partial charge in [-0.1, -0.05) is 18.2 Å². The highest BCUT2D eigenvalue weighted by Crippen LogP contribution is 2.19. The van der Waals surface area contributed by atoms with Gasteiger partial charge in [0.2, 0.25) is 5.56 Å². The van der Waals surface area contributed by atoms with Crippen LogP contribution in [0.3, 0.4) is 0 Å². The summed E-state index contributed by atoms with van der Waals surface area (Å²) in [6.45, 7) is 2.92. The summed E-state index contributed by atoms with van der Waals surface area (Å²) in [6, 6.07) is 9.29. The SMILES string of the molecule is COc1ccccc1Cn1ccc(CN2CCCC2)c([O-])c1=O. The smallest absolute Gasteiger partial charge is 0.243 e. The largest absolute Gasteiger partial charge is 0.869 e. The number of hydrogen-bond donors (Lipinski definition) is 0. The number of methoxy groups -OCH3 is 1. The summed E-state index contributed by atoms with van der Waals surface area (Å²) in [5.41, 5.74) is 1.00. The number of pyridine rings is 1. The Morgan fingerprint density at radius 1 is 1.09 bits per heavy atom. The maximum atomic E-state index is 12.4. The zero-order valence-corrected chi connectivity index (χ0v) is 13.3. The predicted octanol–water partition coefficient (Wildman–Crippen LogP) is 1.57. The van der Waals surface area contributed by atoms with Gasteiger partial charge in [-0.15, -0.1) is 0 Å². The van der Waals surface area contributed by atoms with E-state index in [1.165, 1.54) is 17.4 Å². The first-order chi connectivity index (χ1) is 11.2. The van der Waals surface area contributed by atoms with Crippen molar-refractivity contribution in [2.75, 3.05) is 20.2 Å². The molecule has 2 heterocycles. The highest BCUT2D eigenvalue weighted by atomic mass is 16.5. The first-order valence-electron chi connectivity index (χ1n) is 7.92. The summed E-state index contributed by atoms with van der Waals surface area (Å²) in [4.78, 5) is 14.6. The normalized spacial score (nSPS) is 15.0. The van der Waals surface area contributed by atoms with Gasteiger partial charge in [-0.2, -0.15) is 0 Å². The second kappa shape index (κ2) is 6.87. The Balaban J connectivity index is 1.83. The van der Waals surface area contributed by atoms with E-state index in [-0.39, 0.29) is 0 Å². The summed E-state index contributed by atoms with van der Waals surface area (Å²) in [6.07, 6.45) is 4.04. The number of rotatable bonds is 5. The standard InChI is InChI=1S/C18H22N2O3/c1-23-16-7-3-2-6-14(16)13-20-11-8-15(17(21)18(20)22)12-19-9-4-5-10-19/h2-3,6-8,11,21H,4-5,9-10,12-13H2,1H3/p-1. The first-order valence-corrected chi connectivity index (χ1v) is 7.92. The van der Waals surface area contributed by atoms with Crippen LogP contribution < -0.4 is 15.4 Å². The molecular formula is C18H21N2O3-. The fraction of sp³-hybridized carbons (Fsp3) is 0.389. The number of para-hydroxylation sites is 1. The van der Waals surface area contributed by atoms with E-state index in [1.807, 2.05) is 24.3 Å². The van der Waals surface area contributed by atoms with Gasteiger partial charge in [0.05, 0.1) is 13.7 Å². The molecule has 1 saturated heterocycles. The molecule has 0 amide bonds. The van der Waals surface area contributed by atoms with Crippen molar-refractivity contribution in [3.8, 4) is 11.5 Å². The molecule has 0 spiro atoms. The molecule has 1 aromatic heterocycles. The molecule has 5 nitrogen and oxygen atoms in total. The maximum Gasteiger partial charge on any atom is 0.243 e. The van der Waals surface area contributed by atoms with Gasteiger partial charge < -0.3 is 14.4 Å². The molecule has 23 heavy (non-hydrogen) atoms. The van der Waals surface area contributed by atoms with Crippen LogP contribution >= 0.6 is 0 Å². The molecule has 0 unspecified atom stereocenters. The number of nitrogens with zero attached hydrogens (tertiary/aromatic N) is 2. The minimum Gasteiger partial charge on any atom is -0.869 e. The van der Waals surface area contributed by atoms with Crippen LogP contribution in [0.15, 0.2) is 41.3 Å². The lowest BCUT2D eigenvalue weighted by Gasteiger charge is -2.21. The summed E-state index contributed by atoms with van der Waals surface area (Å²) in [5.74, 6) is 0.322. The molecule has 2 aromatic rings. The van der Waals surface area contributed by atoms with Crippen molar-refractivity contribution < 1.29 is 9.84 Å². The Morgan fingerprint density at radius 3 is 2.57 bits per heavy atom. The third-order valence-electron chi connectivity index (χ3n) is 4.33. The van der Waals surface area contributed by atoms with Gasteiger partial charge in [-0.05, 0) is 49.4 Å². The molecular weight excluding hydrogens is 292 g/mol. The number of hydrogen-bond acceptors (Lipinski definition) is 4. The lowest BCUT2D eigenvalue weighted by molar-refractivity contribution is -0.272. The molecule has 0 saturated carbocycles. The van der Waals surface area contributed by atoms with Crippen molar-refractivity contribution in [3.05, 3.63) is 58.0 Å². The number of ether oxygens (including phenoxy) is 1. The van der Waals surface area contributed by atoms with Gasteiger partial charge in [0.25, 0.3) is 0 Å². The van der Waals surface area contributed by atoms with E-state index in [0.717, 1.165) is 18.7 Å². The third kappa shape index (κ3) is 3.40. The Morgan fingerprint density at radius 2 is 1.83 bits per heavy atom. The second-order valence-corrected chi connectivity index (χ2v) is 5.90. The number of likely N-dealkylation sites (tertiary alicyclic amines) is 1. The highest BCUT2D eigenvalue weighted by Gasteiger charge is 2.13. The van der Waals surface area contributed by atoms with Crippen LogP contribution in [0.1, 0.15) is 24.0 Å². The van der Waals surface area contributed by atoms with Crippen molar-refractivity contribution in [1.29, 1.82) is 0 Å². The highest BCUT2D eigenvalue weighted by molar-refractivity contribution is 5.34. The lowest BCUT2D eigenvalue weighted by Crippen LogP contribution is -2.27. The molecule has 1 aliphatic heterocycles. The number of benzene rings is 1. The van der Waals surface area contributed by atoms with E-state index < -0.39 is 11.3 Å². The van der Waals surface area contributed by atoms with E-state index in [4.69, 9.17) is 4.74 Å². The maximum absolute atomic E-state index is 12.4. The zero-order valence-electron chi connectivity index (χ0n) is 13.3. The summed E-state index contributed by atoms with van der Waals surface area (Å²) >= 11 is 0. The van der Waals surface area contributed by atoms with Crippen LogP contribution in [0.5, 0.6) is 11.5 Å². The van der Waals surface area contributed by atoms with Crippen LogP contribution in [0.2, 0.25) is 0 Å². The molecule has 1 aliphatic rings. The van der Waals surface area contributed by atoms with Crippen LogP contribution in [-0.2, 0) is 13.1 Å². The van der Waals surface area contributed by atoms with Crippen molar-refractivity contribution >= 4 is 0 Å². The molecule has 0 radical (unpaired) electrons. The van der Waals surface area contributed by atoms with Crippen molar-refractivity contribution in [2.45, 2.75) is 25.9 Å². The van der Waals surface area contributed by atoms with E-state index in [0.29, 0.717) is 24.4 Å². The molecule has 122 valence electrons. The van der Waals surface area contributed by atoms with Crippen molar-refractivity contribution in [2.24, 2.45) is 0 Å². The molecule has 5 heteroatoms. The Labute approximate surface area is 135 Å². The monoisotopic (exact) mass is 313 g/mol.